The quantitative estimate of drug-likeness (QED) is 0.796. The molecule has 2 atom stereocenters. The van der Waals surface area contributed by atoms with Crippen LogP contribution in [0.5, 0.6) is 0 Å². The number of nitrogens with one attached hydrogen (secondary N) is 1. The fraction of sp³-hybridized carbons (Fsp3) is 0.318. The van der Waals surface area contributed by atoms with Gasteiger partial charge in [0.05, 0.1) is 31.4 Å². The van der Waals surface area contributed by atoms with Crippen molar-refractivity contribution in [2.45, 2.75) is 32.4 Å². The average molecular weight is 396 g/mol. The van der Waals surface area contributed by atoms with Gasteiger partial charge in [0.2, 0.25) is 5.91 Å². The molecule has 0 saturated carbocycles. The molecule has 2 aromatic carbocycles. The van der Waals surface area contributed by atoms with Gasteiger partial charge in [-0.1, -0.05) is 0 Å². The monoisotopic (exact) mass is 396 g/mol. The lowest BCUT2D eigenvalue weighted by Gasteiger charge is -2.39. The fourth-order valence-electron chi connectivity index (χ4n) is 3.75. The molecule has 152 valence electrons. The van der Waals surface area contributed by atoms with Gasteiger partial charge >= 0.3 is 11.9 Å². The van der Waals surface area contributed by atoms with Crippen LogP contribution in [0.1, 0.15) is 52.6 Å². The van der Waals surface area contributed by atoms with E-state index in [1.165, 1.54) is 21.1 Å². The maximum Gasteiger partial charge on any atom is 0.337 e. The summed E-state index contributed by atoms with van der Waals surface area (Å²) in [5.74, 6) is -0.875. The van der Waals surface area contributed by atoms with Crippen LogP contribution >= 0.6 is 0 Å². The second-order valence-electron chi connectivity index (χ2n) is 7.00. The number of ether oxygens (including phenoxy) is 2. The zero-order valence-corrected chi connectivity index (χ0v) is 16.9. The predicted octanol–water partition coefficient (Wildman–Crippen LogP) is 3.56. The SMILES string of the molecule is COC(=O)c1ccc(N[C@H]2C[C@@H](C)N(C(C)=O)c3ccc(C(=O)OC)cc32)cc1. The van der Waals surface area contributed by atoms with Crippen molar-refractivity contribution in [2.75, 3.05) is 24.4 Å². The minimum atomic E-state index is -0.429. The molecule has 1 heterocycles. The van der Waals surface area contributed by atoms with Gasteiger partial charge in [-0.3, -0.25) is 4.79 Å². The van der Waals surface area contributed by atoms with Gasteiger partial charge in [0.25, 0.3) is 0 Å². The van der Waals surface area contributed by atoms with E-state index in [1.54, 1.807) is 47.4 Å². The number of hydrogen-bond donors (Lipinski definition) is 1. The van der Waals surface area contributed by atoms with E-state index in [2.05, 4.69) is 5.32 Å². The lowest BCUT2D eigenvalue weighted by atomic mass is 9.90. The molecular formula is C22H24N2O5. The fourth-order valence-corrected chi connectivity index (χ4v) is 3.75. The third-order valence-electron chi connectivity index (χ3n) is 5.09. The number of rotatable bonds is 4. The number of anilines is 2. The summed E-state index contributed by atoms with van der Waals surface area (Å²) < 4.78 is 9.57. The van der Waals surface area contributed by atoms with E-state index in [0.29, 0.717) is 17.5 Å². The van der Waals surface area contributed by atoms with E-state index in [0.717, 1.165) is 16.9 Å². The second kappa shape index (κ2) is 8.34. The van der Waals surface area contributed by atoms with E-state index in [1.807, 2.05) is 6.92 Å². The molecule has 0 radical (unpaired) electrons. The molecule has 2 aromatic rings. The molecule has 0 aliphatic carbocycles. The molecule has 0 fully saturated rings. The molecule has 3 rings (SSSR count). The Kier molecular flexibility index (Phi) is 5.87. The summed E-state index contributed by atoms with van der Waals surface area (Å²) in [6.45, 7) is 3.53. The summed E-state index contributed by atoms with van der Waals surface area (Å²) in [4.78, 5) is 37.6. The zero-order valence-electron chi connectivity index (χ0n) is 16.9. The highest BCUT2D eigenvalue weighted by atomic mass is 16.5. The first-order valence-corrected chi connectivity index (χ1v) is 9.32. The van der Waals surface area contributed by atoms with E-state index >= 15 is 0 Å². The third kappa shape index (κ3) is 4.08. The first-order chi connectivity index (χ1) is 13.8. The number of benzene rings is 2. The molecular weight excluding hydrogens is 372 g/mol. The molecule has 29 heavy (non-hydrogen) atoms. The molecule has 7 nitrogen and oxygen atoms in total. The normalized spacial score (nSPS) is 17.9. The molecule has 0 bridgehead atoms. The number of fused-ring (bicyclic) bond motifs is 1. The van der Waals surface area contributed by atoms with Gasteiger partial charge in [-0.05, 0) is 61.4 Å². The van der Waals surface area contributed by atoms with Crippen LogP contribution in [-0.4, -0.2) is 38.1 Å². The molecule has 1 aliphatic heterocycles. The maximum absolute atomic E-state index is 12.2. The van der Waals surface area contributed by atoms with Crippen molar-refractivity contribution in [3.05, 3.63) is 59.2 Å². The molecule has 1 aliphatic rings. The van der Waals surface area contributed by atoms with Crippen LogP contribution in [0.3, 0.4) is 0 Å². The predicted molar refractivity (Wildman–Crippen MR) is 109 cm³/mol. The van der Waals surface area contributed by atoms with Gasteiger partial charge in [-0.25, -0.2) is 9.59 Å². The molecule has 0 aromatic heterocycles. The molecule has 1 N–H and O–H groups in total. The average Bonchev–Trinajstić information content (AvgIpc) is 2.72. The van der Waals surface area contributed by atoms with Crippen LogP contribution in [0, 0.1) is 0 Å². The van der Waals surface area contributed by atoms with Gasteiger partial charge in [0, 0.05) is 24.3 Å². The van der Waals surface area contributed by atoms with Gasteiger partial charge in [-0.15, -0.1) is 0 Å². The van der Waals surface area contributed by atoms with Gasteiger partial charge in [0.1, 0.15) is 0 Å². The number of esters is 2. The summed E-state index contributed by atoms with van der Waals surface area (Å²) in [7, 11) is 2.68. The van der Waals surface area contributed by atoms with Crippen LogP contribution in [0.15, 0.2) is 42.5 Å². The van der Waals surface area contributed by atoms with E-state index < -0.39 is 11.9 Å². The highest BCUT2D eigenvalue weighted by molar-refractivity contribution is 5.96. The highest BCUT2D eigenvalue weighted by Crippen LogP contribution is 2.39. The van der Waals surface area contributed by atoms with E-state index in [-0.39, 0.29) is 18.0 Å². The first-order valence-electron chi connectivity index (χ1n) is 9.32. The third-order valence-corrected chi connectivity index (χ3v) is 5.09. The maximum atomic E-state index is 12.2. The van der Waals surface area contributed by atoms with Crippen molar-refractivity contribution in [3.8, 4) is 0 Å². The summed E-state index contributed by atoms with van der Waals surface area (Å²) >= 11 is 0. The Labute approximate surface area is 169 Å². The standard InChI is InChI=1S/C22H24N2O5/c1-13-11-19(23-17-8-5-15(6-9-17)21(26)28-3)18-12-16(22(27)29-4)7-10-20(18)24(13)14(2)25/h5-10,12-13,19,23H,11H2,1-4H3/t13-,19+/m1/s1. The highest BCUT2D eigenvalue weighted by Gasteiger charge is 2.33. The van der Waals surface area contributed by atoms with Crippen LogP contribution in [-0.2, 0) is 14.3 Å². The first kappa shape index (κ1) is 20.4. The summed E-state index contributed by atoms with van der Waals surface area (Å²) in [6.07, 6.45) is 0.663. The molecule has 7 heteroatoms. The zero-order chi connectivity index (χ0) is 21.1. The Morgan fingerprint density at radius 3 is 2.14 bits per heavy atom. The minimum absolute atomic E-state index is 0.0178. The van der Waals surface area contributed by atoms with Crippen molar-refractivity contribution in [2.24, 2.45) is 0 Å². The van der Waals surface area contributed by atoms with Crippen molar-refractivity contribution < 1.29 is 23.9 Å². The lowest BCUT2D eigenvalue weighted by Crippen LogP contribution is -2.43. The van der Waals surface area contributed by atoms with E-state index in [4.69, 9.17) is 9.47 Å². The number of amides is 1. The molecule has 1 amide bonds. The number of nitrogens with zero attached hydrogens (tertiary/aromatic N) is 1. The Morgan fingerprint density at radius 1 is 0.966 bits per heavy atom. The van der Waals surface area contributed by atoms with Crippen molar-refractivity contribution in [1.29, 1.82) is 0 Å². The van der Waals surface area contributed by atoms with Crippen molar-refractivity contribution in [1.82, 2.24) is 0 Å². The van der Waals surface area contributed by atoms with Crippen LogP contribution < -0.4 is 10.2 Å². The topological polar surface area (TPSA) is 84.9 Å². The Morgan fingerprint density at radius 2 is 1.55 bits per heavy atom. The Hall–Kier alpha value is -3.35. The Bertz CT molecular complexity index is 939. The number of carbonyl (C=O) groups excluding carboxylic acids is 3. The summed E-state index contributed by atoms with van der Waals surface area (Å²) in [5.41, 5.74) is 3.33. The molecule has 0 spiro atoms. The largest absolute Gasteiger partial charge is 0.465 e. The van der Waals surface area contributed by atoms with Crippen LogP contribution in [0.4, 0.5) is 11.4 Å². The lowest BCUT2D eigenvalue weighted by molar-refractivity contribution is -0.117. The van der Waals surface area contributed by atoms with Gasteiger partial charge in [-0.2, -0.15) is 0 Å². The molecule has 0 saturated heterocycles. The molecule has 0 unspecified atom stereocenters. The number of hydrogen-bond acceptors (Lipinski definition) is 6. The van der Waals surface area contributed by atoms with Gasteiger partial charge in [0.15, 0.2) is 0 Å². The van der Waals surface area contributed by atoms with E-state index in [9.17, 15) is 14.4 Å². The van der Waals surface area contributed by atoms with Crippen molar-refractivity contribution in [3.63, 3.8) is 0 Å². The summed E-state index contributed by atoms with van der Waals surface area (Å²) in [6, 6.07) is 12.1. The van der Waals surface area contributed by atoms with Crippen LogP contribution in [0.2, 0.25) is 0 Å². The number of methoxy groups -OCH3 is 2. The smallest absolute Gasteiger partial charge is 0.337 e. The Balaban J connectivity index is 1.97. The second-order valence-corrected chi connectivity index (χ2v) is 7.00. The minimum Gasteiger partial charge on any atom is -0.465 e. The van der Waals surface area contributed by atoms with Crippen LogP contribution in [0.25, 0.3) is 0 Å². The number of carbonyl (C=O) groups is 3. The summed E-state index contributed by atoms with van der Waals surface area (Å²) in [5, 5.41) is 3.45. The van der Waals surface area contributed by atoms with Gasteiger partial charge < -0.3 is 19.7 Å². The van der Waals surface area contributed by atoms with Crippen molar-refractivity contribution >= 4 is 29.2 Å².